The minimum atomic E-state index is -1.12. The Balaban J connectivity index is 1.95. The zero-order valence-electron chi connectivity index (χ0n) is 14.7. The Morgan fingerprint density at radius 1 is 1.15 bits per heavy atom. The van der Waals surface area contributed by atoms with Gasteiger partial charge in [-0.3, -0.25) is 9.59 Å². The quantitative estimate of drug-likeness (QED) is 0.460. The van der Waals surface area contributed by atoms with Gasteiger partial charge in [0.25, 0.3) is 5.91 Å². The van der Waals surface area contributed by atoms with Crippen molar-refractivity contribution in [3.05, 3.63) is 54.0 Å². The van der Waals surface area contributed by atoms with E-state index in [1.165, 1.54) is 26.2 Å². The number of nitriles is 1. The zero-order chi connectivity index (χ0) is 19.8. The number of anilines is 2. The fourth-order valence-corrected chi connectivity index (χ4v) is 2.01. The van der Waals surface area contributed by atoms with Gasteiger partial charge in [0.05, 0.1) is 6.26 Å². The standard InChI is InChI=1S/C19H17N3O5/c1-12(27-19(25)14(11-20)10-17-4-3-9-26-17)18(24)22-16-7-5-15(6-8-16)21-13(2)23/h3-10,12H,1-2H3,(H,21,23)(H,22,24)/b14-10+/t12-/m0/s1. The highest BCUT2D eigenvalue weighted by atomic mass is 16.5. The molecule has 0 aliphatic carbocycles. The lowest BCUT2D eigenvalue weighted by Gasteiger charge is -2.13. The van der Waals surface area contributed by atoms with Crippen LogP contribution in [0, 0.1) is 11.3 Å². The molecule has 2 rings (SSSR count). The van der Waals surface area contributed by atoms with Gasteiger partial charge in [0.1, 0.15) is 17.4 Å². The van der Waals surface area contributed by atoms with Crippen LogP contribution in [0.5, 0.6) is 0 Å². The SMILES string of the molecule is CC(=O)Nc1ccc(NC(=O)[C@H](C)OC(=O)/C(C#N)=C/c2ccco2)cc1. The summed E-state index contributed by atoms with van der Waals surface area (Å²) < 4.78 is 10.1. The van der Waals surface area contributed by atoms with Gasteiger partial charge in [-0.1, -0.05) is 0 Å². The highest BCUT2D eigenvalue weighted by Crippen LogP contribution is 2.15. The van der Waals surface area contributed by atoms with Crippen molar-refractivity contribution in [3.8, 4) is 6.07 Å². The molecule has 0 unspecified atom stereocenters. The summed E-state index contributed by atoms with van der Waals surface area (Å²) in [5.74, 6) is -1.38. The average molecular weight is 367 g/mol. The van der Waals surface area contributed by atoms with E-state index in [-0.39, 0.29) is 11.5 Å². The molecule has 8 nitrogen and oxygen atoms in total. The number of carbonyl (C=O) groups is 3. The van der Waals surface area contributed by atoms with Crippen molar-refractivity contribution in [2.24, 2.45) is 0 Å². The van der Waals surface area contributed by atoms with Gasteiger partial charge in [-0.25, -0.2) is 4.79 Å². The van der Waals surface area contributed by atoms with Crippen LogP contribution in [0.4, 0.5) is 11.4 Å². The number of ether oxygens (including phenoxy) is 1. The molecule has 1 heterocycles. The lowest BCUT2D eigenvalue weighted by atomic mass is 10.2. The highest BCUT2D eigenvalue weighted by Gasteiger charge is 2.21. The monoisotopic (exact) mass is 367 g/mol. The van der Waals surface area contributed by atoms with Gasteiger partial charge in [0.15, 0.2) is 6.10 Å². The molecule has 0 spiro atoms. The Morgan fingerprint density at radius 3 is 2.30 bits per heavy atom. The Bertz CT molecular complexity index is 892. The first-order chi connectivity index (χ1) is 12.9. The molecule has 0 aliphatic rings. The van der Waals surface area contributed by atoms with Crippen LogP contribution in [-0.2, 0) is 19.1 Å². The van der Waals surface area contributed by atoms with E-state index in [2.05, 4.69) is 10.6 Å². The first-order valence-electron chi connectivity index (χ1n) is 7.94. The third-order valence-corrected chi connectivity index (χ3v) is 3.30. The van der Waals surface area contributed by atoms with E-state index in [0.29, 0.717) is 17.1 Å². The molecule has 8 heteroatoms. The van der Waals surface area contributed by atoms with Gasteiger partial charge in [-0.2, -0.15) is 5.26 Å². The summed E-state index contributed by atoms with van der Waals surface area (Å²) in [7, 11) is 0. The van der Waals surface area contributed by atoms with Crippen molar-refractivity contribution >= 4 is 35.2 Å². The van der Waals surface area contributed by atoms with E-state index in [0.717, 1.165) is 0 Å². The van der Waals surface area contributed by atoms with Crippen LogP contribution < -0.4 is 10.6 Å². The summed E-state index contributed by atoms with van der Waals surface area (Å²) >= 11 is 0. The molecule has 138 valence electrons. The summed E-state index contributed by atoms with van der Waals surface area (Å²) in [4.78, 5) is 35.2. The molecule has 0 radical (unpaired) electrons. The fraction of sp³-hybridized carbons (Fsp3) is 0.158. The molecule has 1 atom stereocenters. The molecular formula is C19H17N3O5. The van der Waals surface area contributed by atoms with Crippen LogP contribution in [0.3, 0.4) is 0 Å². The third kappa shape index (κ3) is 5.86. The second-order valence-corrected chi connectivity index (χ2v) is 5.48. The van der Waals surface area contributed by atoms with Crippen molar-refractivity contribution in [1.29, 1.82) is 5.26 Å². The molecule has 1 aromatic heterocycles. The van der Waals surface area contributed by atoms with Gasteiger partial charge in [0, 0.05) is 24.4 Å². The van der Waals surface area contributed by atoms with Gasteiger partial charge in [-0.05, 0) is 43.3 Å². The van der Waals surface area contributed by atoms with E-state index < -0.39 is 18.0 Å². The lowest BCUT2D eigenvalue weighted by Crippen LogP contribution is -2.30. The summed E-state index contributed by atoms with van der Waals surface area (Å²) in [6.07, 6.45) is 1.51. The molecule has 1 aromatic carbocycles. The Morgan fingerprint density at radius 2 is 1.78 bits per heavy atom. The summed E-state index contributed by atoms with van der Waals surface area (Å²) in [5, 5.41) is 14.3. The molecule has 2 N–H and O–H groups in total. The first kappa shape index (κ1) is 19.5. The predicted octanol–water partition coefficient (Wildman–Crippen LogP) is 2.72. The van der Waals surface area contributed by atoms with Gasteiger partial charge in [0.2, 0.25) is 5.91 Å². The van der Waals surface area contributed by atoms with Crippen LogP contribution in [-0.4, -0.2) is 23.9 Å². The number of carbonyl (C=O) groups excluding carboxylic acids is 3. The van der Waals surface area contributed by atoms with Crippen LogP contribution in [0.15, 0.2) is 52.7 Å². The topological polar surface area (TPSA) is 121 Å². The van der Waals surface area contributed by atoms with E-state index in [1.54, 1.807) is 42.5 Å². The second kappa shape index (κ2) is 9.01. The number of hydrogen-bond donors (Lipinski definition) is 2. The summed E-state index contributed by atoms with van der Waals surface area (Å²) in [6.45, 7) is 2.78. The number of hydrogen-bond acceptors (Lipinski definition) is 6. The normalized spacial score (nSPS) is 11.8. The number of rotatable bonds is 6. The molecule has 0 fully saturated rings. The second-order valence-electron chi connectivity index (χ2n) is 5.48. The summed E-state index contributed by atoms with van der Waals surface area (Å²) in [5.41, 5.74) is 0.759. The maximum Gasteiger partial charge on any atom is 0.349 e. The summed E-state index contributed by atoms with van der Waals surface area (Å²) in [6, 6.07) is 11.3. The zero-order valence-corrected chi connectivity index (χ0v) is 14.7. The number of amides is 2. The maximum absolute atomic E-state index is 12.2. The van der Waals surface area contributed by atoms with Crippen molar-refractivity contribution in [2.75, 3.05) is 10.6 Å². The molecule has 0 saturated carbocycles. The van der Waals surface area contributed by atoms with Crippen molar-refractivity contribution in [1.82, 2.24) is 0 Å². The number of furan rings is 1. The minimum absolute atomic E-state index is 0.205. The molecule has 0 aliphatic heterocycles. The number of esters is 1. The fourth-order valence-electron chi connectivity index (χ4n) is 2.01. The predicted molar refractivity (Wildman–Crippen MR) is 97.2 cm³/mol. The maximum atomic E-state index is 12.2. The molecule has 2 amide bonds. The molecular weight excluding hydrogens is 350 g/mol. The molecule has 0 saturated heterocycles. The third-order valence-electron chi connectivity index (χ3n) is 3.30. The largest absolute Gasteiger partial charge is 0.465 e. The number of benzene rings is 1. The molecule has 27 heavy (non-hydrogen) atoms. The van der Waals surface area contributed by atoms with Crippen LogP contribution in [0.2, 0.25) is 0 Å². The van der Waals surface area contributed by atoms with E-state index in [4.69, 9.17) is 14.4 Å². The van der Waals surface area contributed by atoms with Crippen LogP contribution >= 0.6 is 0 Å². The van der Waals surface area contributed by atoms with Crippen LogP contribution in [0.25, 0.3) is 6.08 Å². The minimum Gasteiger partial charge on any atom is -0.465 e. The lowest BCUT2D eigenvalue weighted by molar-refractivity contribution is -0.148. The number of nitrogens with zero attached hydrogens (tertiary/aromatic N) is 1. The van der Waals surface area contributed by atoms with Gasteiger partial charge >= 0.3 is 5.97 Å². The Kier molecular flexibility index (Phi) is 6.49. The van der Waals surface area contributed by atoms with Crippen molar-refractivity contribution in [2.45, 2.75) is 20.0 Å². The molecule has 0 bridgehead atoms. The van der Waals surface area contributed by atoms with Gasteiger partial charge < -0.3 is 19.8 Å². The Hall–Kier alpha value is -3.86. The first-order valence-corrected chi connectivity index (χ1v) is 7.94. The Labute approximate surface area is 155 Å². The van der Waals surface area contributed by atoms with Crippen molar-refractivity contribution in [3.63, 3.8) is 0 Å². The number of nitrogens with one attached hydrogen (secondary N) is 2. The average Bonchev–Trinajstić information content (AvgIpc) is 3.13. The van der Waals surface area contributed by atoms with E-state index in [1.807, 2.05) is 0 Å². The van der Waals surface area contributed by atoms with Crippen LogP contribution in [0.1, 0.15) is 19.6 Å². The highest BCUT2D eigenvalue weighted by molar-refractivity contribution is 6.01. The van der Waals surface area contributed by atoms with Gasteiger partial charge in [-0.15, -0.1) is 0 Å². The van der Waals surface area contributed by atoms with E-state index in [9.17, 15) is 14.4 Å². The smallest absolute Gasteiger partial charge is 0.349 e. The van der Waals surface area contributed by atoms with Crippen molar-refractivity contribution < 1.29 is 23.5 Å². The molecule has 2 aromatic rings. The van der Waals surface area contributed by atoms with E-state index >= 15 is 0 Å².